The molecule has 0 rings (SSSR count). The molecule has 1 heteroatoms. The van der Waals surface area contributed by atoms with E-state index in [1.165, 1.54) is 12.8 Å². The summed E-state index contributed by atoms with van der Waals surface area (Å²) < 4.78 is 0. The highest BCUT2D eigenvalue weighted by Gasteiger charge is 1.91. The predicted molar refractivity (Wildman–Crippen MR) is 51.2 cm³/mol. The van der Waals surface area contributed by atoms with Crippen LogP contribution in [0.15, 0.2) is 12.7 Å². The van der Waals surface area contributed by atoms with Gasteiger partial charge in [-0.2, -0.15) is 0 Å². The highest BCUT2D eigenvalue weighted by atomic mass is 14.6. The first-order chi connectivity index (χ1) is 4.81. The normalized spacial score (nSPS) is 11.2. The second-order valence-electron chi connectivity index (χ2n) is 2.04. The summed E-state index contributed by atoms with van der Waals surface area (Å²) >= 11 is 0. The van der Waals surface area contributed by atoms with E-state index in [9.17, 15) is 0 Å². The Morgan fingerprint density at radius 1 is 1.60 bits per heavy atom. The molecule has 2 N–H and O–H groups in total. The molecule has 0 radical (unpaired) electrons. The van der Waals surface area contributed by atoms with Crippen LogP contribution in [0.3, 0.4) is 0 Å². The first-order valence-corrected chi connectivity index (χ1v) is 4.19. The minimum atomic E-state index is 0. The Kier molecular flexibility index (Phi) is 14.2. The van der Waals surface area contributed by atoms with Gasteiger partial charge in [-0.1, -0.05) is 39.7 Å². The van der Waals surface area contributed by atoms with Gasteiger partial charge < -0.3 is 5.73 Å². The van der Waals surface area contributed by atoms with E-state index < -0.39 is 0 Å². The quantitative estimate of drug-likeness (QED) is 0.605. The number of nitrogens with two attached hydrogens (primary N) is 1. The average molecular weight is 145 g/mol. The van der Waals surface area contributed by atoms with Crippen LogP contribution >= 0.6 is 0 Å². The molecule has 64 valence electrons. The SMILES string of the molecule is C=C[C@@H](N)CCCC.CC.[HH]. The molecule has 0 amide bonds. The molecule has 0 saturated carbocycles. The van der Waals surface area contributed by atoms with Crippen molar-refractivity contribution in [3.63, 3.8) is 0 Å². The fraction of sp³-hybridized carbons (Fsp3) is 0.778. The zero-order valence-electron chi connectivity index (χ0n) is 7.56. The summed E-state index contributed by atoms with van der Waals surface area (Å²) in [6.07, 6.45) is 5.32. The van der Waals surface area contributed by atoms with Crippen LogP contribution in [0.4, 0.5) is 0 Å². The lowest BCUT2D eigenvalue weighted by Crippen LogP contribution is -2.15. The minimum Gasteiger partial charge on any atom is -0.324 e. The van der Waals surface area contributed by atoms with Crippen LogP contribution in [0.2, 0.25) is 0 Å². The standard InChI is InChI=1S/C7H15N.C2H6.H2/c1-3-5-6-7(8)4-2;1-2;/h4,7H,2-3,5-6,8H2,1H3;1-2H3;1H/t7-;;/m1../s1. The fourth-order valence-electron chi connectivity index (χ4n) is 0.558. The summed E-state index contributed by atoms with van der Waals surface area (Å²) in [6, 6.07) is 0.218. The Balaban J connectivity index is -0.000000196. The van der Waals surface area contributed by atoms with Crippen LogP contribution in [0.1, 0.15) is 41.5 Å². The van der Waals surface area contributed by atoms with Crippen molar-refractivity contribution in [1.29, 1.82) is 0 Å². The monoisotopic (exact) mass is 145 g/mol. The van der Waals surface area contributed by atoms with Crippen molar-refractivity contribution in [3.8, 4) is 0 Å². The number of rotatable bonds is 4. The van der Waals surface area contributed by atoms with Gasteiger partial charge in [-0.25, -0.2) is 0 Å². The van der Waals surface area contributed by atoms with Crippen molar-refractivity contribution >= 4 is 0 Å². The average Bonchev–Trinajstić information content (AvgIpc) is 2.04. The van der Waals surface area contributed by atoms with Gasteiger partial charge in [-0.15, -0.1) is 6.58 Å². The molecule has 0 unspecified atom stereocenters. The second kappa shape index (κ2) is 11.5. The van der Waals surface area contributed by atoms with Gasteiger partial charge in [-0.3, -0.25) is 0 Å². The van der Waals surface area contributed by atoms with Crippen molar-refractivity contribution in [2.45, 2.75) is 46.1 Å². The number of unbranched alkanes of at least 4 members (excludes halogenated alkanes) is 1. The first kappa shape index (κ1) is 12.4. The van der Waals surface area contributed by atoms with Crippen molar-refractivity contribution in [2.75, 3.05) is 0 Å². The largest absolute Gasteiger partial charge is 0.324 e. The Morgan fingerprint density at radius 2 is 2.10 bits per heavy atom. The van der Waals surface area contributed by atoms with Crippen molar-refractivity contribution < 1.29 is 1.43 Å². The molecule has 10 heavy (non-hydrogen) atoms. The number of hydrogen-bond donors (Lipinski definition) is 1. The second-order valence-corrected chi connectivity index (χ2v) is 2.04. The van der Waals surface area contributed by atoms with Crippen LogP contribution < -0.4 is 5.73 Å². The third-order valence-electron chi connectivity index (χ3n) is 1.19. The van der Waals surface area contributed by atoms with Crippen LogP contribution in [-0.4, -0.2) is 6.04 Å². The third kappa shape index (κ3) is 10.6. The fourth-order valence-corrected chi connectivity index (χ4v) is 0.558. The molecule has 0 aromatic heterocycles. The van der Waals surface area contributed by atoms with E-state index >= 15 is 0 Å². The van der Waals surface area contributed by atoms with Gasteiger partial charge >= 0.3 is 0 Å². The van der Waals surface area contributed by atoms with E-state index in [4.69, 9.17) is 5.73 Å². The first-order valence-electron chi connectivity index (χ1n) is 4.19. The molecular weight excluding hydrogens is 122 g/mol. The van der Waals surface area contributed by atoms with E-state index in [-0.39, 0.29) is 7.47 Å². The smallest absolute Gasteiger partial charge is 0.0221 e. The molecule has 0 heterocycles. The summed E-state index contributed by atoms with van der Waals surface area (Å²) in [5.41, 5.74) is 5.54. The lowest BCUT2D eigenvalue weighted by molar-refractivity contribution is 0.656. The maximum atomic E-state index is 5.54. The molecule has 1 atom stereocenters. The zero-order chi connectivity index (χ0) is 8.41. The maximum absolute atomic E-state index is 5.54. The predicted octanol–water partition coefficient (Wildman–Crippen LogP) is 2.96. The Bertz CT molecular complexity index is 64.6. The third-order valence-corrected chi connectivity index (χ3v) is 1.19. The van der Waals surface area contributed by atoms with Gasteiger partial charge in [0.15, 0.2) is 0 Å². The van der Waals surface area contributed by atoms with E-state index in [1.807, 2.05) is 13.8 Å². The maximum Gasteiger partial charge on any atom is 0.0221 e. The Hall–Kier alpha value is -0.300. The van der Waals surface area contributed by atoms with E-state index in [1.54, 1.807) is 6.08 Å². The lowest BCUT2D eigenvalue weighted by atomic mass is 10.1. The topological polar surface area (TPSA) is 26.0 Å². The summed E-state index contributed by atoms with van der Waals surface area (Å²) in [7, 11) is 0. The van der Waals surface area contributed by atoms with Gasteiger partial charge in [0, 0.05) is 7.47 Å². The van der Waals surface area contributed by atoms with Crippen molar-refractivity contribution in [1.82, 2.24) is 0 Å². The van der Waals surface area contributed by atoms with Gasteiger partial charge in [0.05, 0.1) is 0 Å². The molecule has 1 nitrogen and oxygen atoms in total. The zero-order valence-corrected chi connectivity index (χ0v) is 7.56. The van der Waals surface area contributed by atoms with Crippen LogP contribution in [0.25, 0.3) is 0 Å². The highest BCUT2D eigenvalue weighted by molar-refractivity contribution is 4.81. The molecule has 0 aromatic carbocycles. The van der Waals surface area contributed by atoms with E-state index in [0.29, 0.717) is 0 Å². The molecule has 0 aliphatic heterocycles. The molecule has 0 aromatic rings. The molecule has 0 bridgehead atoms. The summed E-state index contributed by atoms with van der Waals surface area (Å²) in [4.78, 5) is 0. The van der Waals surface area contributed by atoms with Gasteiger partial charge in [0.2, 0.25) is 0 Å². The summed E-state index contributed by atoms with van der Waals surface area (Å²) in [5, 5.41) is 0. The van der Waals surface area contributed by atoms with Crippen LogP contribution in [0.5, 0.6) is 0 Å². The van der Waals surface area contributed by atoms with Gasteiger partial charge in [0.25, 0.3) is 0 Å². The van der Waals surface area contributed by atoms with Gasteiger partial charge in [0.1, 0.15) is 0 Å². The Morgan fingerprint density at radius 3 is 2.40 bits per heavy atom. The molecule has 0 spiro atoms. The molecule has 0 saturated heterocycles. The lowest BCUT2D eigenvalue weighted by Gasteiger charge is -2.01. The highest BCUT2D eigenvalue weighted by Crippen LogP contribution is 1.97. The van der Waals surface area contributed by atoms with Gasteiger partial charge in [-0.05, 0) is 6.42 Å². The molecule has 0 aliphatic rings. The molecular formula is C9H23N. The van der Waals surface area contributed by atoms with E-state index in [0.717, 1.165) is 6.42 Å². The summed E-state index contributed by atoms with van der Waals surface area (Å²) in [5.74, 6) is 0. The minimum absolute atomic E-state index is 0. The van der Waals surface area contributed by atoms with Crippen LogP contribution in [-0.2, 0) is 0 Å². The molecule has 0 aliphatic carbocycles. The molecule has 0 fully saturated rings. The van der Waals surface area contributed by atoms with Crippen molar-refractivity contribution in [3.05, 3.63) is 12.7 Å². The Labute approximate surface area is 66.8 Å². The van der Waals surface area contributed by atoms with Crippen LogP contribution in [0, 0.1) is 0 Å². The van der Waals surface area contributed by atoms with Crippen molar-refractivity contribution in [2.24, 2.45) is 5.73 Å². The summed E-state index contributed by atoms with van der Waals surface area (Å²) in [6.45, 7) is 9.75. The van der Waals surface area contributed by atoms with E-state index in [2.05, 4.69) is 13.5 Å². The number of hydrogen-bond acceptors (Lipinski definition) is 1.